The van der Waals surface area contributed by atoms with Crippen molar-refractivity contribution < 1.29 is 38.1 Å². The summed E-state index contributed by atoms with van der Waals surface area (Å²) >= 11 is 0. The van der Waals surface area contributed by atoms with E-state index in [1.165, 1.54) is 19.3 Å². The van der Waals surface area contributed by atoms with Gasteiger partial charge in [0.05, 0.1) is 32.8 Å². The van der Waals surface area contributed by atoms with Crippen LogP contribution in [0.1, 0.15) is 98.3 Å². The lowest BCUT2D eigenvalue weighted by molar-refractivity contribution is -0.152. The molecular weight excluding hydrogens is 528 g/mol. The van der Waals surface area contributed by atoms with Crippen LogP contribution in [0.4, 0.5) is 0 Å². The van der Waals surface area contributed by atoms with Crippen molar-refractivity contribution in [3.05, 3.63) is 0 Å². The number of hydrogen-bond donors (Lipinski definition) is 2. The Morgan fingerprint density at radius 2 is 1.39 bits per heavy atom. The minimum absolute atomic E-state index is 0.00796. The Morgan fingerprint density at radius 3 is 1.95 bits per heavy atom. The van der Waals surface area contributed by atoms with E-state index in [0.29, 0.717) is 62.5 Å². The Hall–Kier alpha value is -2.20. The predicted octanol–water partition coefficient (Wildman–Crippen LogP) is 3.94. The monoisotopic (exact) mass is 582 g/mol. The highest BCUT2D eigenvalue weighted by atomic mass is 16.5. The molecule has 236 valence electrons. The van der Waals surface area contributed by atoms with Crippen molar-refractivity contribution in [1.29, 1.82) is 0 Å². The van der Waals surface area contributed by atoms with E-state index in [9.17, 15) is 19.2 Å². The maximum atomic E-state index is 12.5. The first kappa shape index (κ1) is 35.0. The fourth-order valence-electron chi connectivity index (χ4n) is 6.84. The van der Waals surface area contributed by atoms with Crippen molar-refractivity contribution in [3.63, 3.8) is 0 Å². The number of esters is 2. The molecule has 0 spiro atoms. The molecule has 0 bridgehead atoms. The van der Waals surface area contributed by atoms with Gasteiger partial charge in [-0.05, 0) is 102 Å². The largest absolute Gasteiger partial charge is 0.468 e. The first-order chi connectivity index (χ1) is 19.8. The summed E-state index contributed by atoms with van der Waals surface area (Å²) < 4.78 is 20.1. The SMILES string of the molecule is CCOC(=O)CC(NC1CCC(CC2CCC(NC(CCCOC=O)CCOC=O)C(C)C2)CC1C)C(=O)OCC. The summed E-state index contributed by atoms with van der Waals surface area (Å²) in [5.74, 6) is 1.56. The van der Waals surface area contributed by atoms with E-state index in [2.05, 4.69) is 24.5 Å². The number of carbonyl (C=O) groups is 4. The van der Waals surface area contributed by atoms with Crippen LogP contribution in [0.5, 0.6) is 0 Å². The maximum Gasteiger partial charge on any atom is 0.323 e. The van der Waals surface area contributed by atoms with Gasteiger partial charge in [-0.2, -0.15) is 0 Å². The first-order valence-corrected chi connectivity index (χ1v) is 15.8. The number of nitrogens with one attached hydrogen (secondary N) is 2. The zero-order valence-corrected chi connectivity index (χ0v) is 25.6. The molecule has 0 aromatic heterocycles. The Balaban J connectivity index is 1.82. The molecule has 0 amide bonds. The molecule has 8 unspecified atom stereocenters. The van der Waals surface area contributed by atoms with Crippen LogP contribution in [0.25, 0.3) is 0 Å². The van der Waals surface area contributed by atoms with E-state index in [4.69, 9.17) is 18.9 Å². The van der Waals surface area contributed by atoms with Gasteiger partial charge in [0.2, 0.25) is 0 Å². The third-order valence-electron chi connectivity index (χ3n) is 8.87. The lowest BCUT2D eigenvalue weighted by atomic mass is 9.70. The van der Waals surface area contributed by atoms with Gasteiger partial charge in [-0.25, -0.2) is 0 Å². The minimum atomic E-state index is -0.673. The van der Waals surface area contributed by atoms with Crippen LogP contribution in [0.2, 0.25) is 0 Å². The Kier molecular flexibility index (Phi) is 16.9. The lowest BCUT2D eigenvalue weighted by Gasteiger charge is -2.41. The molecular formula is C31H54N2O8. The fourth-order valence-corrected chi connectivity index (χ4v) is 6.84. The van der Waals surface area contributed by atoms with Gasteiger partial charge in [-0.15, -0.1) is 0 Å². The molecule has 2 fully saturated rings. The molecule has 0 aromatic rings. The van der Waals surface area contributed by atoms with Crippen molar-refractivity contribution in [3.8, 4) is 0 Å². The molecule has 8 atom stereocenters. The zero-order chi connectivity index (χ0) is 30.0. The number of ether oxygens (including phenoxy) is 4. The normalized spacial score (nSPS) is 27.7. The topological polar surface area (TPSA) is 129 Å². The Labute approximate surface area is 246 Å². The summed E-state index contributed by atoms with van der Waals surface area (Å²) in [4.78, 5) is 45.6. The molecule has 41 heavy (non-hydrogen) atoms. The maximum absolute atomic E-state index is 12.5. The predicted molar refractivity (Wildman–Crippen MR) is 155 cm³/mol. The van der Waals surface area contributed by atoms with Gasteiger partial charge < -0.3 is 29.6 Å². The van der Waals surface area contributed by atoms with Crippen LogP contribution in [-0.2, 0) is 38.1 Å². The van der Waals surface area contributed by atoms with Crippen LogP contribution in [0.15, 0.2) is 0 Å². The van der Waals surface area contributed by atoms with Crippen molar-refractivity contribution in [2.45, 2.75) is 122 Å². The summed E-state index contributed by atoms with van der Waals surface area (Å²) in [7, 11) is 0. The van der Waals surface area contributed by atoms with E-state index >= 15 is 0 Å². The quantitative estimate of drug-likeness (QED) is 0.0943. The van der Waals surface area contributed by atoms with Gasteiger partial charge in [0.15, 0.2) is 0 Å². The molecule has 0 aromatic carbocycles. The molecule has 2 rings (SSSR count). The van der Waals surface area contributed by atoms with Crippen molar-refractivity contribution >= 4 is 24.9 Å². The van der Waals surface area contributed by atoms with Gasteiger partial charge >= 0.3 is 11.9 Å². The number of hydrogen-bond acceptors (Lipinski definition) is 10. The summed E-state index contributed by atoms with van der Waals surface area (Å²) in [6, 6.07) is 0.150. The highest BCUT2D eigenvalue weighted by molar-refractivity contribution is 5.82. The molecule has 0 aliphatic heterocycles. The smallest absolute Gasteiger partial charge is 0.323 e. The standard InChI is InChI=1S/C31H54N2O8/c1-5-40-30(36)19-29(31(37)41-6-2)33-28-12-10-25(17-23(28)4)18-24-9-11-27(22(3)16-24)32-26(13-15-39-21-35)8-7-14-38-20-34/h20-29,32-33H,5-19H2,1-4H3. The van der Waals surface area contributed by atoms with Gasteiger partial charge in [0.1, 0.15) is 6.04 Å². The second-order valence-corrected chi connectivity index (χ2v) is 12.0. The first-order valence-electron chi connectivity index (χ1n) is 15.8. The number of carbonyl (C=O) groups excluding carboxylic acids is 4. The summed E-state index contributed by atoms with van der Waals surface area (Å²) in [6.45, 7) is 10.5. The third kappa shape index (κ3) is 13.1. The van der Waals surface area contributed by atoms with Crippen LogP contribution in [-0.4, -0.2) is 75.5 Å². The van der Waals surface area contributed by atoms with E-state index < -0.39 is 6.04 Å². The molecule has 0 saturated heterocycles. The Morgan fingerprint density at radius 1 is 0.805 bits per heavy atom. The second kappa shape index (κ2) is 19.8. The molecule has 2 N–H and O–H groups in total. The van der Waals surface area contributed by atoms with Crippen molar-refractivity contribution in [2.75, 3.05) is 26.4 Å². The Bertz CT molecular complexity index is 781. The van der Waals surface area contributed by atoms with Crippen LogP contribution < -0.4 is 10.6 Å². The highest BCUT2D eigenvalue weighted by Gasteiger charge is 2.35. The molecule has 0 heterocycles. The fraction of sp³-hybridized carbons (Fsp3) is 0.871. The van der Waals surface area contributed by atoms with Gasteiger partial charge in [0.25, 0.3) is 12.9 Å². The van der Waals surface area contributed by atoms with Crippen LogP contribution in [0, 0.1) is 23.7 Å². The summed E-state index contributed by atoms with van der Waals surface area (Å²) in [5, 5.41) is 7.25. The van der Waals surface area contributed by atoms with Gasteiger partial charge in [-0.3, -0.25) is 19.2 Å². The molecule has 2 saturated carbocycles. The highest BCUT2D eigenvalue weighted by Crippen LogP contribution is 2.39. The molecule has 2 aliphatic carbocycles. The zero-order valence-electron chi connectivity index (χ0n) is 25.6. The number of rotatable bonds is 20. The summed E-state index contributed by atoms with van der Waals surface area (Å²) in [6.07, 6.45) is 10.4. The van der Waals surface area contributed by atoms with E-state index in [1.807, 2.05) is 0 Å². The molecule has 0 radical (unpaired) electrons. The van der Waals surface area contributed by atoms with Crippen molar-refractivity contribution in [1.82, 2.24) is 10.6 Å². The second-order valence-electron chi connectivity index (χ2n) is 12.0. The van der Waals surface area contributed by atoms with E-state index in [-0.39, 0.29) is 37.0 Å². The van der Waals surface area contributed by atoms with E-state index in [1.54, 1.807) is 13.8 Å². The molecule has 10 heteroatoms. The van der Waals surface area contributed by atoms with Gasteiger partial charge in [0, 0.05) is 18.1 Å². The van der Waals surface area contributed by atoms with Crippen molar-refractivity contribution in [2.24, 2.45) is 23.7 Å². The lowest BCUT2D eigenvalue weighted by Crippen LogP contribution is -2.50. The molecule has 10 nitrogen and oxygen atoms in total. The van der Waals surface area contributed by atoms with Crippen LogP contribution in [0.3, 0.4) is 0 Å². The average molecular weight is 583 g/mol. The minimum Gasteiger partial charge on any atom is -0.468 e. The average Bonchev–Trinajstić information content (AvgIpc) is 2.93. The summed E-state index contributed by atoms with van der Waals surface area (Å²) in [5.41, 5.74) is 0. The van der Waals surface area contributed by atoms with Gasteiger partial charge in [-0.1, -0.05) is 13.8 Å². The molecule has 2 aliphatic rings. The third-order valence-corrected chi connectivity index (χ3v) is 8.87. The van der Waals surface area contributed by atoms with E-state index in [0.717, 1.165) is 44.9 Å². The van der Waals surface area contributed by atoms with Crippen LogP contribution >= 0.6 is 0 Å².